The summed E-state index contributed by atoms with van der Waals surface area (Å²) >= 11 is 1.72. The number of benzene rings is 2. The zero-order chi connectivity index (χ0) is 32.3. The number of nitrogens with zero attached hydrogens (tertiary/aromatic N) is 2. The van der Waals surface area contributed by atoms with E-state index < -0.39 is 35.8 Å². The summed E-state index contributed by atoms with van der Waals surface area (Å²) in [7, 11) is 0. The normalized spacial score (nSPS) is 11.5. The fourth-order valence-corrected chi connectivity index (χ4v) is 5.05. The van der Waals surface area contributed by atoms with Crippen LogP contribution < -0.4 is 20.0 Å². The van der Waals surface area contributed by atoms with Gasteiger partial charge >= 0.3 is 23.1 Å². The predicted octanol–water partition coefficient (Wildman–Crippen LogP) is 1.73. The molecule has 0 aliphatic heterocycles. The van der Waals surface area contributed by atoms with Crippen molar-refractivity contribution in [2.24, 2.45) is 0 Å². The fraction of sp³-hybridized carbons (Fsp3) is 0.400. The first-order valence-electron chi connectivity index (χ1n) is 13.0. The number of hydrogen-bond acceptors (Lipinski definition) is 10. The molecule has 2 aromatic carbocycles. The summed E-state index contributed by atoms with van der Waals surface area (Å²) in [6.45, 7) is 12.8. The molecule has 0 heterocycles. The maximum absolute atomic E-state index is 12.4. The number of anilines is 2. The van der Waals surface area contributed by atoms with E-state index in [4.69, 9.17) is 0 Å². The minimum atomic E-state index is -1.33. The van der Waals surface area contributed by atoms with Gasteiger partial charge in [-0.05, 0) is 63.8 Å². The van der Waals surface area contributed by atoms with Gasteiger partial charge in [0.25, 0.3) is 0 Å². The fourth-order valence-electron chi connectivity index (χ4n) is 4.12. The summed E-state index contributed by atoms with van der Waals surface area (Å²) in [5.41, 5.74) is 4.30. The zero-order valence-corrected chi connectivity index (χ0v) is 28.8. The smallest absolute Gasteiger partial charge is 0.548 e. The molecule has 2 atom stereocenters. The molecule has 0 fully saturated rings. The average molecular weight is 641 g/mol. The third-order valence-corrected chi connectivity index (χ3v) is 7.75. The van der Waals surface area contributed by atoms with Crippen molar-refractivity contribution in [2.75, 3.05) is 21.3 Å². The standard InChI is InChI=1S/2C15H19NO4S.Mg/c2*1-9-6-5-7-10(2)14(9)16(11(3)15(19)20)13(18)8-21-12(4)17;/h2*5-7,11H,8H2,1-4H3,(H,19,20);/q;;+2/p-2/t2*11-;/m00./s1. The quantitative estimate of drug-likeness (QED) is 0.351. The largest absolute Gasteiger partial charge is 2.00 e. The summed E-state index contributed by atoms with van der Waals surface area (Å²) in [5, 5.41) is 22.0. The van der Waals surface area contributed by atoms with E-state index in [1.54, 1.807) is 0 Å². The van der Waals surface area contributed by atoms with Crippen LogP contribution in [0.4, 0.5) is 11.4 Å². The average Bonchev–Trinajstić information content (AvgIpc) is 2.89. The van der Waals surface area contributed by atoms with Crippen molar-refractivity contribution in [3.63, 3.8) is 0 Å². The van der Waals surface area contributed by atoms with Crippen LogP contribution in [0.25, 0.3) is 0 Å². The summed E-state index contributed by atoms with van der Waals surface area (Å²) in [6.07, 6.45) is 0. The number of carboxylic acid groups (broad SMARTS) is 2. The van der Waals surface area contributed by atoms with Gasteiger partial charge in [-0.2, -0.15) is 0 Å². The molecular formula is C30H36MgN2O8S2. The first-order valence-corrected chi connectivity index (χ1v) is 14.9. The summed E-state index contributed by atoms with van der Waals surface area (Å²) in [6, 6.07) is 8.70. The van der Waals surface area contributed by atoms with Crippen LogP contribution >= 0.6 is 23.5 Å². The Balaban J connectivity index is 0.000000802. The number of aryl methyl sites for hydroxylation is 4. The predicted molar refractivity (Wildman–Crippen MR) is 168 cm³/mol. The second kappa shape index (κ2) is 18.7. The molecule has 0 spiro atoms. The van der Waals surface area contributed by atoms with E-state index in [9.17, 15) is 39.0 Å². The number of amides is 2. The molecule has 0 N–H and O–H groups in total. The molecule has 0 saturated heterocycles. The van der Waals surface area contributed by atoms with E-state index in [-0.39, 0.29) is 44.8 Å². The molecule has 0 radical (unpaired) electrons. The van der Waals surface area contributed by atoms with Crippen molar-refractivity contribution in [3.8, 4) is 0 Å². The van der Waals surface area contributed by atoms with Crippen LogP contribution in [0.2, 0.25) is 0 Å². The first kappa shape index (κ1) is 40.1. The molecule has 0 aliphatic rings. The molecule has 0 unspecified atom stereocenters. The number of carboxylic acids is 2. The second-order valence-electron chi connectivity index (χ2n) is 9.56. The number of para-hydroxylation sites is 2. The SMILES string of the molecule is CC(=O)SCC(=O)N(c1c(C)cccc1C)[C@@H](C)C(=O)[O-].CC(=O)SCC(=O)N(c1c(C)cccc1C)[C@@H](C)C(=O)[O-].[Mg+2]. The number of rotatable bonds is 10. The topological polar surface area (TPSA) is 155 Å². The van der Waals surface area contributed by atoms with Crippen LogP contribution in [0.5, 0.6) is 0 Å². The van der Waals surface area contributed by atoms with Crippen molar-refractivity contribution in [2.45, 2.75) is 67.5 Å². The van der Waals surface area contributed by atoms with Crippen LogP contribution in [0.3, 0.4) is 0 Å². The molecule has 13 heteroatoms. The van der Waals surface area contributed by atoms with Gasteiger partial charge in [0.2, 0.25) is 11.8 Å². The van der Waals surface area contributed by atoms with Crippen molar-refractivity contribution in [1.82, 2.24) is 0 Å². The third kappa shape index (κ3) is 12.0. The molecule has 0 aliphatic carbocycles. The van der Waals surface area contributed by atoms with Crippen molar-refractivity contribution < 1.29 is 39.0 Å². The third-order valence-electron chi connectivity index (χ3n) is 6.15. The van der Waals surface area contributed by atoms with E-state index in [2.05, 4.69) is 0 Å². The Labute approximate surface area is 277 Å². The monoisotopic (exact) mass is 640 g/mol. The Kier molecular flexibility index (Phi) is 17.5. The van der Waals surface area contributed by atoms with Crippen LogP contribution in [0.15, 0.2) is 36.4 Å². The first-order chi connectivity index (χ1) is 19.5. The van der Waals surface area contributed by atoms with Gasteiger partial charge in [0.05, 0.1) is 46.9 Å². The molecule has 0 saturated carbocycles. The van der Waals surface area contributed by atoms with Crippen LogP contribution in [0.1, 0.15) is 49.9 Å². The molecule has 228 valence electrons. The maximum atomic E-state index is 12.4. The molecule has 43 heavy (non-hydrogen) atoms. The summed E-state index contributed by atoms with van der Waals surface area (Å²) in [4.78, 5) is 71.5. The molecule has 2 amide bonds. The van der Waals surface area contributed by atoms with Crippen molar-refractivity contribution in [3.05, 3.63) is 58.7 Å². The molecular weight excluding hydrogens is 605 g/mol. The van der Waals surface area contributed by atoms with Crippen molar-refractivity contribution >= 4 is 91.9 Å². The number of thioether (sulfide) groups is 2. The Morgan fingerprint density at radius 2 is 0.884 bits per heavy atom. The van der Waals surface area contributed by atoms with Gasteiger partial charge in [0.1, 0.15) is 0 Å². The van der Waals surface area contributed by atoms with Crippen LogP contribution in [0, 0.1) is 27.7 Å². The van der Waals surface area contributed by atoms with Crippen LogP contribution in [-0.4, -0.2) is 80.6 Å². The minimum absolute atomic E-state index is 0. The second-order valence-corrected chi connectivity index (χ2v) is 11.9. The van der Waals surface area contributed by atoms with Gasteiger partial charge in [-0.3, -0.25) is 19.2 Å². The minimum Gasteiger partial charge on any atom is -0.548 e. The zero-order valence-electron chi connectivity index (χ0n) is 25.7. The van der Waals surface area contributed by atoms with E-state index in [1.165, 1.54) is 37.5 Å². The molecule has 2 aromatic rings. The Bertz CT molecular complexity index is 1210. The van der Waals surface area contributed by atoms with E-state index in [0.717, 1.165) is 45.8 Å². The summed E-state index contributed by atoms with van der Waals surface area (Å²) in [5.74, 6) is -3.71. The van der Waals surface area contributed by atoms with E-state index in [0.29, 0.717) is 11.4 Å². The molecule has 0 bridgehead atoms. The Hall–Kier alpha value is -2.87. The van der Waals surface area contributed by atoms with E-state index in [1.807, 2.05) is 64.1 Å². The number of hydrogen-bond donors (Lipinski definition) is 0. The van der Waals surface area contributed by atoms with Gasteiger partial charge in [0, 0.05) is 13.8 Å². The van der Waals surface area contributed by atoms with Gasteiger partial charge < -0.3 is 29.6 Å². The van der Waals surface area contributed by atoms with Crippen LogP contribution in [-0.2, 0) is 28.8 Å². The van der Waals surface area contributed by atoms with Gasteiger partial charge in [-0.15, -0.1) is 0 Å². The molecule has 10 nitrogen and oxygen atoms in total. The Morgan fingerprint density at radius 3 is 1.09 bits per heavy atom. The van der Waals surface area contributed by atoms with Crippen molar-refractivity contribution in [1.29, 1.82) is 0 Å². The number of carbonyl (C=O) groups is 6. The van der Waals surface area contributed by atoms with E-state index >= 15 is 0 Å². The molecule has 0 aromatic heterocycles. The number of aliphatic carboxylic acids is 2. The molecule has 2 rings (SSSR count). The maximum Gasteiger partial charge on any atom is 2.00 e. The number of carbonyl (C=O) groups excluding carboxylic acids is 6. The summed E-state index contributed by atoms with van der Waals surface area (Å²) < 4.78 is 0. The Morgan fingerprint density at radius 1 is 0.628 bits per heavy atom. The van der Waals surface area contributed by atoms with Gasteiger partial charge in [0.15, 0.2) is 10.2 Å². The van der Waals surface area contributed by atoms with Gasteiger partial charge in [-0.1, -0.05) is 59.9 Å². The van der Waals surface area contributed by atoms with Gasteiger partial charge in [-0.25, -0.2) is 0 Å².